The van der Waals surface area contributed by atoms with Gasteiger partial charge < -0.3 is 20.4 Å². The highest BCUT2D eigenvalue weighted by Crippen LogP contribution is 2.75. The molecule has 346 valence electrons. The van der Waals surface area contributed by atoms with E-state index in [1.807, 2.05) is 83.6 Å². The second kappa shape index (κ2) is 14.9. The fourth-order valence-electron chi connectivity index (χ4n) is 15.2. The number of nitrogens with zero attached hydrogens (tertiary/aromatic N) is 4. The fourth-order valence-corrected chi connectivity index (χ4v) is 15.2. The summed E-state index contributed by atoms with van der Waals surface area (Å²) in [6, 6.07) is 0. The van der Waals surface area contributed by atoms with E-state index in [0.717, 1.165) is 0 Å². The molecule has 4 heterocycles. The Balaban J connectivity index is 2.48. The number of carboxylic acids is 4. The Labute approximate surface area is 363 Å². The zero-order valence-electron chi connectivity index (χ0n) is 41.4. The number of carbonyl (C=O) groups is 4. The maximum atomic E-state index is 16.0. The third kappa shape index (κ3) is 7.34. The molecule has 0 amide bonds. The molecule has 12 heteroatoms. The lowest BCUT2D eigenvalue weighted by atomic mass is 9.32. The van der Waals surface area contributed by atoms with Crippen molar-refractivity contribution in [3.8, 4) is 0 Å². The largest absolute Gasteiger partial charge is 0.481 e. The molecule has 60 heavy (non-hydrogen) atoms. The van der Waals surface area contributed by atoms with Crippen molar-refractivity contribution < 1.29 is 39.6 Å². The molecule has 0 aromatic rings. The first-order valence-corrected chi connectivity index (χ1v) is 22.5. The number of hydrogen-bond donors (Lipinski definition) is 4. The molecule has 4 fully saturated rings. The van der Waals surface area contributed by atoms with E-state index < -0.39 is 115 Å². The zero-order valence-corrected chi connectivity index (χ0v) is 41.4. The molecule has 0 spiro atoms. The predicted molar refractivity (Wildman–Crippen MR) is 237 cm³/mol. The monoisotopic (exact) mass is 847 g/mol. The number of likely N-dealkylation sites (tertiary alicyclic amines) is 4. The molecular formula is C48H86N4O8. The van der Waals surface area contributed by atoms with Gasteiger partial charge in [-0.25, -0.2) is 0 Å². The molecule has 4 saturated heterocycles. The fraction of sp³-hybridized carbons (Fsp3) is 0.917. The summed E-state index contributed by atoms with van der Waals surface area (Å²) in [7, 11) is 8.04. The van der Waals surface area contributed by atoms with Crippen molar-refractivity contribution in [3.63, 3.8) is 0 Å². The van der Waals surface area contributed by atoms with Gasteiger partial charge in [-0.1, -0.05) is 0 Å². The maximum absolute atomic E-state index is 16.0. The summed E-state index contributed by atoms with van der Waals surface area (Å²) in [6.45, 7) is 32.7. The van der Waals surface area contributed by atoms with Gasteiger partial charge in [-0.15, -0.1) is 0 Å². The van der Waals surface area contributed by atoms with Gasteiger partial charge in [-0.05, 0) is 214 Å². The number of hydrogen-bond acceptors (Lipinski definition) is 8. The first-order chi connectivity index (χ1) is 26.6. The summed E-state index contributed by atoms with van der Waals surface area (Å²) < 4.78 is 0. The van der Waals surface area contributed by atoms with E-state index in [-0.39, 0.29) is 51.4 Å². The van der Waals surface area contributed by atoms with Gasteiger partial charge in [0.25, 0.3) is 0 Å². The lowest BCUT2D eigenvalue weighted by Gasteiger charge is -2.71. The summed E-state index contributed by atoms with van der Waals surface area (Å²) in [6.07, 6.45) is 0.805. The highest BCUT2D eigenvalue weighted by atomic mass is 16.4. The molecule has 4 aliphatic rings. The molecule has 0 bridgehead atoms. The molecule has 12 nitrogen and oxygen atoms in total. The topological polar surface area (TPSA) is 162 Å². The molecule has 4 N–H and O–H groups in total. The minimum absolute atomic E-state index is 0.168. The van der Waals surface area contributed by atoms with Gasteiger partial charge >= 0.3 is 23.9 Å². The molecule has 0 aromatic heterocycles. The number of piperidine rings is 4. The van der Waals surface area contributed by atoms with Crippen molar-refractivity contribution in [2.45, 2.75) is 213 Å². The van der Waals surface area contributed by atoms with Crippen LogP contribution in [0.15, 0.2) is 0 Å². The van der Waals surface area contributed by atoms with E-state index in [1.54, 1.807) is 0 Å². The normalized spacial score (nSPS) is 29.9. The van der Waals surface area contributed by atoms with Crippen LogP contribution in [-0.4, -0.2) is 136 Å². The standard InChI is InChI=1S/C48H86N4O8/c1-38(2)21-30(22-39(3,4)49(38)17)46(35(55)56,29-34(53)54)48(37(59)60,33-27-44(13,14)52(20)45(15,16)28-33)47(36(57)58,31-23-40(5,6)50(18)41(7,8)24-31)32-25-42(9,10)51(19)43(11,12)26-32/h30-33H,21-29H2,1-20H3,(H,53,54)(H,55,56)(H,57,58)(H,59,60). The second-order valence-electron chi connectivity index (χ2n) is 25.3. The van der Waals surface area contributed by atoms with Crippen LogP contribution in [0.2, 0.25) is 0 Å². The molecule has 2 atom stereocenters. The number of carboxylic acid groups (broad SMARTS) is 4. The quantitative estimate of drug-likeness (QED) is 0.158. The molecule has 0 radical (unpaired) electrons. The molecule has 4 aliphatic heterocycles. The minimum Gasteiger partial charge on any atom is -0.481 e. The molecule has 2 unspecified atom stereocenters. The van der Waals surface area contributed by atoms with E-state index in [9.17, 15) is 25.2 Å². The van der Waals surface area contributed by atoms with Crippen LogP contribution >= 0.6 is 0 Å². The van der Waals surface area contributed by atoms with E-state index >= 15 is 14.4 Å². The van der Waals surface area contributed by atoms with Crippen LogP contribution < -0.4 is 0 Å². The summed E-state index contributed by atoms with van der Waals surface area (Å²) in [5.41, 5.74) is -12.8. The van der Waals surface area contributed by atoms with Gasteiger partial charge in [0.05, 0.1) is 17.3 Å². The predicted octanol–water partition coefficient (Wildman–Crippen LogP) is 8.27. The Kier molecular flexibility index (Phi) is 12.5. The summed E-state index contributed by atoms with van der Waals surface area (Å²) in [4.78, 5) is 70.2. The van der Waals surface area contributed by atoms with E-state index in [0.29, 0.717) is 0 Å². The lowest BCUT2D eigenvalue weighted by molar-refractivity contribution is -0.268. The number of rotatable bonds is 11. The lowest BCUT2D eigenvalue weighted by Crippen LogP contribution is -2.79. The average molecular weight is 847 g/mol. The van der Waals surface area contributed by atoms with Gasteiger partial charge in [-0.2, -0.15) is 0 Å². The second-order valence-corrected chi connectivity index (χ2v) is 25.3. The van der Waals surface area contributed by atoms with Crippen molar-refractivity contribution in [1.82, 2.24) is 19.6 Å². The average Bonchev–Trinajstić information content (AvgIpc) is 3.03. The zero-order chi connectivity index (χ0) is 46.8. The summed E-state index contributed by atoms with van der Waals surface area (Å²) in [5.74, 6) is -9.53. The Morgan fingerprint density at radius 2 is 0.633 bits per heavy atom. The van der Waals surface area contributed by atoms with Crippen molar-refractivity contribution >= 4 is 23.9 Å². The van der Waals surface area contributed by atoms with Crippen molar-refractivity contribution in [2.24, 2.45) is 39.9 Å². The highest BCUT2D eigenvalue weighted by molar-refractivity contribution is 5.96. The first-order valence-electron chi connectivity index (χ1n) is 22.5. The van der Waals surface area contributed by atoms with Crippen LogP contribution in [0.5, 0.6) is 0 Å². The maximum Gasteiger partial charge on any atom is 0.312 e. The van der Waals surface area contributed by atoms with Gasteiger partial charge in [-0.3, -0.25) is 38.8 Å². The van der Waals surface area contributed by atoms with E-state index in [1.165, 1.54) is 0 Å². The Morgan fingerprint density at radius 1 is 0.400 bits per heavy atom. The van der Waals surface area contributed by atoms with Crippen LogP contribution in [0.1, 0.15) is 169 Å². The van der Waals surface area contributed by atoms with Gasteiger partial charge in [0.15, 0.2) is 0 Å². The molecule has 0 aliphatic carbocycles. The van der Waals surface area contributed by atoms with Crippen LogP contribution in [-0.2, 0) is 19.2 Å². The van der Waals surface area contributed by atoms with Crippen LogP contribution in [0, 0.1) is 39.9 Å². The van der Waals surface area contributed by atoms with Crippen LogP contribution in [0.3, 0.4) is 0 Å². The van der Waals surface area contributed by atoms with Crippen molar-refractivity contribution in [1.29, 1.82) is 0 Å². The molecule has 4 rings (SSSR count). The van der Waals surface area contributed by atoms with Gasteiger partial charge in [0.2, 0.25) is 0 Å². The van der Waals surface area contributed by atoms with E-state index in [2.05, 4.69) is 75.0 Å². The molecule has 0 aromatic carbocycles. The third-order valence-electron chi connectivity index (χ3n) is 18.7. The molecular weight excluding hydrogens is 761 g/mol. The van der Waals surface area contributed by atoms with Crippen molar-refractivity contribution in [2.75, 3.05) is 28.2 Å². The van der Waals surface area contributed by atoms with E-state index in [4.69, 9.17) is 0 Å². The Bertz CT molecular complexity index is 1600. The first kappa shape index (κ1) is 50.4. The van der Waals surface area contributed by atoms with Crippen LogP contribution in [0.4, 0.5) is 0 Å². The molecule has 0 saturated carbocycles. The summed E-state index contributed by atoms with van der Waals surface area (Å²) in [5, 5.41) is 49.8. The minimum atomic E-state index is -2.63. The number of aliphatic carboxylic acids is 4. The van der Waals surface area contributed by atoms with Gasteiger partial charge in [0.1, 0.15) is 5.41 Å². The Hall–Kier alpha value is -2.28. The highest BCUT2D eigenvalue weighted by Gasteiger charge is 2.83. The Morgan fingerprint density at radius 3 is 0.833 bits per heavy atom. The third-order valence-corrected chi connectivity index (χ3v) is 18.7. The SMILES string of the molecule is CN1C(C)(C)CC(C(CC(=O)O)(C(=O)O)C(C(=O)O)(C2CC(C)(C)N(C)C(C)(C)C2)C(C(=O)O)(C2CC(C)(C)N(C)C(C)(C)C2)C2CC(C)(C)N(C)C(C)(C)C2)CC1(C)C. The smallest absolute Gasteiger partial charge is 0.312 e. The summed E-state index contributed by atoms with van der Waals surface area (Å²) >= 11 is 0. The van der Waals surface area contributed by atoms with Crippen molar-refractivity contribution in [3.05, 3.63) is 0 Å². The van der Waals surface area contributed by atoms with Crippen LogP contribution in [0.25, 0.3) is 0 Å². The van der Waals surface area contributed by atoms with Gasteiger partial charge in [0, 0.05) is 44.3 Å².